The van der Waals surface area contributed by atoms with Crippen LogP contribution < -0.4 is 5.32 Å². The Morgan fingerprint density at radius 1 is 1.41 bits per heavy atom. The standard InChI is InChI=1S/C13H13BrFNS/c1-9(16-8-11-3-2-6-17-11)12-5-4-10(15)7-13(12)14/h2-7,9,16H,8H2,1H3. The number of nitrogens with one attached hydrogen (secondary N) is 1. The highest BCUT2D eigenvalue weighted by Gasteiger charge is 2.09. The van der Waals surface area contributed by atoms with Gasteiger partial charge in [-0.25, -0.2) is 4.39 Å². The van der Waals surface area contributed by atoms with E-state index in [4.69, 9.17) is 0 Å². The Morgan fingerprint density at radius 2 is 2.24 bits per heavy atom. The van der Waals surface area contributed by atoms with Crippen LogP contribution in [-0.4, -0.2) is 0 Å². The largest absolute Gasteiger partial charge is 0.305 e. The molecule has 17 heavy (non-hydrogen) atoms. The molecule has 0 saturated carbocycles. The van der Waals surface area contributed by atoms with Crippen molar-refractivity contribution in [1.29, 1.82) is 0 Å². The molecular formula is C13H13BrFNS. The van der Waals surface area contributed by atoms with Crippen LogP contribution in [0.15, 0.2) is 40.2 Å². The summed E-state index contributed by atoms with van der Waals surface area (Å²) in [7, 11) is 0. The van der Waals surface area contributed by atoms with Crippen LogP contribution in [0.25, 0.3) is 0 Å². The summed E-state index contributed by atoms with van der Waals surface area (Å²) in [5.74, 6) is -0.217. The van der Waals surface area contributed by atoms with Crippen LogP contribution in [0.3, 0.4) is 0 Å². The van der Waals surface area contributed by atoms with Crippen molar-refractivity contribution >= 4 is 27.3 Å². The second kappa shape index (κ2) is 5.76. The molecule has 1 aromatic heterocycles. The smallest absolute Gasteiger partial charge is 0.124 e. The highest BCUT2D eigenvalue weighted by atomic mass is 79.9. The highest BCUT2D eigenvalue weighted by molar-refractivity contribution is 9.10. The molecule has 0 bridgehead atoms. The van der Waals surface area contributed by atoms with E-state index in [9.17, 15) is 4.39 Å². The van der Waals surface area contributed by atoms with Crippen molar-refractivity contribution in [2.45, 2.75) is 19.5 Å². The van der Waals surface area contributed by atoms with E-state index in [1.165, 1.54) is 17.0 Å². The number of hydrogen-bond acceptors (Lipinski definition) is 2. The average Bonchev–Trinajstić information content (AvgIpc) is 2.78. The lowest BCUT2D eigenvalue weighted by molar-refractivity contribution is 0.572. The fraction of sp³-hybridized carbons (Fsp3) is 0.231. The maximum atomic E-state index is 13.0. The first kappa shape index (κ1) is 12.7. The molecule has 0 aliphatic rings. The summed E-state index contributed by atoms with van der Waals surface area (Å²) in [6.07, 6.45) is 0. The van der Waals surface area contributed by atoms with Gasteiger partial charge < -0.3 is 5.32 Å². The van der Waals surface area contributed by atoms with E-state index in [-0.39, 0.29) is 11.9 Å². The molecule has 2 aromatic rings. The van der Waals surface area contributed by atoms with Crippen molar-refractivity contribution < 1.29 is 4.39 Å². The fourth-order valence-corrected chi connectivity index (χ4v) is 2.98. The first-order valence-electron chi connectivity index (χ1n) is 5.37. The zero-order valence-corrected chi connectivity index (χ0v) is 11.8. The van der Waals surface area contributed by atoms with Gasteiger partial charge in [-0.05, 0) is 36.1 Å². The van der Waals surface area contributed by atoms with Crippen LogP contribution >= 0.6 is 27.3 Å². The maximum absolute atomic E-state index is 13.0. The molecule has 0 saturated heterocycles. The molecule has 0 radical (unpaired) electrons. The molecule has 0 fully saturated rings. The van der Waals surface area contributed by atoms with Gasteiger partial charge in [0.1, 0.15) is 5.82 Å². The third kappa shape index (κ3) is 3.37. The quantitative estimate of drug-likeness (QED) is 0.876. The molecule has 2 rings (SSSR count). The molecular weight excluding hydrogens is 301 g/mol. The van der Waals surface area contributed by atoms with Gasteiger partial charge in [-0.1, -0.05) is 28.1 Å². The molecule has 1 aromatic carbocycles. The van der Waals surface area contributed by atoms with E-state index in [1.807, 2.05) is 12.1 Å². The summed E-state index contributed by atoms with van der Waals surface area (Å²) in [6.45, 7) is 2.91. The lowest BCUT2D eigenvalue weighted by atomic mass is 10.1. The molecule has 1 N–H and O–H groups in total. The Kier molecular flexibility index (Phi) is 4.31. The van der Waals surface area contributed by atoms with Gasteiger partial charge in [0.05, 0.1) is 0 Å². The van der Waals surface area contributed by atoms with E-state index in [2.05, 4.69) is 39.6 Å². The van der Waals surface area contributed by atoms with Crippen LogP contribution in [0, 0.1) is 5.82 Å². The van der Waals surface area contributed by atoms with Crippen molar-refractivity contribution in [3.63, 3.8) is 0 Å². The summed E-state index contributed by atoms with van der Waals surface area (Å²) in [4.78, 5) is 1.30. The van der Waals surface area contributed by atoms with Crippen LogP contribution in [-0.2, 0) is 6.54 Å². The Labute approximate surface area is 113 Å². The first-order valence-corrected chi connectivity index (χ1v) is 7.05. The van der Waals surface area contributed by atoms with Gasteiger partial charge in [-0.3, -0.25) is 0 Å². The summed E-state index contributed by atoms with van der Waals surface area (Å²) in [5.41, 5.74) is 1.07. The molecule has 4 heteroatoms. The van der Waals surface area contributed by atoms with Crippen molar-refractivity contribution in [2.75, 3.05) is 0 Å². The van der Waals surface area contributed by atoms with Crippen LogP contribution in [0.2, 0.25) is 0 Å². The van der Waals surface area contributed by atoms with Gasteiger partial charge in [0.2, 0.25) is 0 Å². The van der Waals surface area contributed by atoms with Gasteiger partial charge in [-0.15, -0.1) is 11.3 Å². The van der Waals surface area contributed by atoms with Gasteiger partial charge in [0.25, 0.3) is 0 Å². The number of thiophene rings is 1. The molecule has 0 aliphatic carbocycles. The zero-order chi connectivity index (χ0) is 12.3. The second-order valence-electron chi connectivity index (χ2n) is 3.85. The molecule has 1 heterocycles. The van der Waals surface area contributed by atoms with E-state index in [0.717, 1.165) is 16.6 Å². The molecule has 1 unspecified atom stereocenters. The molecule has 1 atom stereocenters. The van der Waals surface area contributed by atoms with Crippen LogP contribution in [0.1, 0.15) is 23.4 Å². The van der Waals surface area contributed by atoms with Gasteiger partial charge in [-0.2, -0.15) is 0 Å². The molecule has 0 spiro atoms. The summed E-state index contributed by atoms with van der Waals surface area (Å²) in [6, 6.07) is 9.13. The first-order chi connectivity index (χ1) is 8.16. The SMILES string of the molecule is CC(NCc1cccs1)c1ccc(F)cc1Br. The number of rotatable bonds is 4. The number of hydrogen-bond donors (Lipinski definition) is 1. The Bertz CT molecular complexity index is 484. The van der Waals surface area contributed by atoms with E-state index in [0.29, 0.717) is 0 Å². The van der Waals surface area contributed by atoms with Crippen molar-refractivity contribution in [2.24, 2.45) is 0 Å². The van der Waals surface area contributed by atoms with Crippen molar-refractivity contribution in [3.05, 3.63) is 56.4 Å². The number of halogens is 2. The molecule has 1 nitrogen and oxygen atoms in total. The lowest BCUT2D eigenvalue weighted by Gasteiger charge is -2.15. The number of benzene rings is 1. The molecule has 90 valence electrons. The van der Waals surface area contributed by atoms with Crippen LogP contribution in [0.4, 0.5) is 4.39 Å². The van der Waals surface area contributed by atoms with E-state index >= 15 is 0 Å². The summed E-state index contributed by atoms with van der Waals surface area (Å²) >= 11 is 5.12. The second-order valence-corrected chi connectivity index (χ2v) is 5.73. The third-order valence-electron chi connectivity index (χ3n) is 2.59. The highest BCUT2D eigenvalue weighted by Crippen LogP contribution is 2.24. The lowest BCUT2D eigenvalue weighted by Crippen LogP contribution is -2.17. The fourth-order valence-electron chi connectivity index (χ4n) is 1.63. The Balaban J connectivity index is 2.01. The normalized spacial score (nSPS) is 12.6. The topological polar surface area (TPSA) is 12.0 Å². The Hall–Kier alpha value is -0.710. The average molecular weight is 314 g/mol. The zero-order valence-electron chi connectivity index (χ0n) is 9.41. The monoisotopic (exact) mass is 313 g/mol. The van der Waals surface area contributed by atoms with E-state index in [1.54, 1.807) is 11.3 Å². The van der Waals surface area contributed by atoms with Crippen LogP contribution in [0.5, 0.6) is 0 Å². The van der Waals surface area contributed by atoms with Crippen molar-refractivity contribution in [1.82, 2.24) is 5.32 Å². The van der Waals surface area contributed by atoms with Crippen molar-refractivity contribution in [3.8, 4) is 0 Å². The minimum absolute atomic E-state index is 0.187. The van der Waals surface area contributed by atoms with E-state index < -0.39 is 0 Å². The summed E-state index contributed by atoms with van der Waals surface area (Å²) < 4.78 is 13.8. The summed E-state index contributed by atoms with van der Waals surface area (Å²) in [5, 5.41) is 5.48. The van der Waals surface area contributed by atoms with Gasteiger partial charge in [0, 0.05) is 21.9 Å². The predicted octanol–water partition coefficient (Wildman–Crippen LogP) is 4.50. The molecule has 0 aliphatic heterocycles. The van der Waals surface area contributed by atoms with Gasteiger partial charge >= 0.3 is 0 Å². The minimum Gasteiger partial charge on any atom is -0.305 e. The minimum atomic E-state index is -0.217. The Morgan fingerprint density at radius 3 is 2.88 bits per heavy atom. The predicted molar refractivity (Wildman–Crippen MR) is 73.7 cm³/mol. The maximum Gasteiger partial charge on any atom is 0.124 e. The van der Waals surface area contributed by atoms with Gasteiger partial charge in [0.15, 0.2) is 0 Å². The molecule has 0 amide bonds. The third-order valence-corrected chi connectivity index (χ3v) is 4.15.